The van der Waals surface area contributed by atoms with E-state index in [-0.39, 0.29) is 0 Å². The molecule has 1 atom stereocenters. The molecular formula is C42H28NOP. The number of para-hydroxylation sites is 1. The summed E-state index contributed by atoms with van der Waals surface area (Å²) < 4.78 is 17.9. The molecule has 0 spiro atoms. The van der Waals surface area contributed by atoms with Gasteiger partial charge in [-0.1, -0.05) is 140 Å². The fourth-order valence-electron chi connectivity index (χ4n) is 7.18. The SMILES string of the molecule is O=P1(c2ccccc2)c2ccccc2-c2ccc3c(c21)c1ccccc1n3-c1ccc(-c2cccc(-c3ccccc3)c2)cc1. The molecule has 0 amide bonds. The average Bonchev–Trinajstić information content (AvgIpc) is 3.59. The van der Waals surface area contributed by atoms with Gasteiger partial charge in [-0.05, 0) is 63.7 Å². The van der Waals surface area contributed by atoms with Crippen LogP contribution in [0.1, 0.15) is 0 Å². The van der Waals surface area contributed by atoms with Crippen LogP contribution < -0.4 is 15.9 Å². The van der Waals surface area contributed by atoms with Crippen molar-refractivity contribution in [2.45, 2.75) is 0 Å². The highest BCUT2D eigenvalue weighted by Crippen LogP contribution is 2.55. The Morgan fingerprint density at radius 1 is 0.444 bits per heavy atom. The second kappa shape index (κ2) is 10.1. The van der Waals surface area contributed by atoms with E-state index in [0.29, 0.717) is 0 Å². The predicted molar refractivity (Wildman–Crippen MR) is 190 cm³/mol. The molecule has 45 heavy (non-hydrogen) atoms. The maximum atomic E-state index is 15.6. The topological polar surface area (TPSA) is 22.0 Å². The van der Waals surface area contributed by atoms with Gasteiger partial charge in [0.1, 0.15) is 0 Å². The summed E-state index contributed by atoms with van der Waals surface area (Å²) in [4.78, 5) is 0. The summed E-state index contributed by atoms with van der Waals surface area (Å²) in [7, 11) is -3.12. The molecule has 0 saturated heterocycles. The van der Waals surface area contributed by atoms with E-state index in [1.165, 1.54) is 22.3 Å². The molecule has 1 aliphatic heterocycles. The summed E-state index contributed by atoms with van der Waals surface area (Å²) in [5.74, 6) is 0. The van der Waals surface area contributed by atoms with E-state index in [2.05, 4.69) is 126 Å². The summed E-state index contributed by atoms with van der Waals surface area (Å²) in [6, 6.07) is 59.2. The molecule has 1 aromatic heterocycles. The molecule has 0 N–H and O–H groups in total. The van der Waals surface area contributed by atoms with Crippen molar-refractivity contribution in [3.05, 3.63) is 170 Å². The van der Waals surface area contributed by atoms with Gasteiger partial charge in [0.05, 0.1) is 11.0 Å². The van der Waals surface area contributed by atoms with E-state index in [1.54, 1.807) is 0 Å². The van der Waals surface area contributed by atoms with Gasteiger partial charge in [0.15, 0.2) is 7.14 Å². The van der Waals surface area contributed by atoms with Gasteiger partial charge < -0.3 is 9.13 Å². The minimum atomic E-state index is -3.12. The lowest BCUT2D eigenvalue weighted by atomic mass is 9.99. The third-order valence-corrected chi connectivity index (χ3v) is 12.4. The zero-order valence-electron chi connectivity index (χ0n) is 24.5. The van der Waals surface area contributed by atoms with Crippen LogP contribution >= 0.6 is 7.14 Å². The summed E-state index contributed by atoms with van der Waals surface area (Å²) >= 11 is 0. The molecule has 1 aliphatic rings. The molecular weight excluding hydrogens is 565 g/mol. The van der Waals surface area contributed by atoms with Crippen molar-refractivity contribution in [1.29, 1.82) is 0 Å². The predicted octanol–water partition coefficient (Wildman–Crippen LogP) is 9.74. The first-order valence-corrected chi connectivity index (χ1v) is 17.0. The van der Waals surface area contributed by atoms with Crippen LogP contribution in [0.5, 0.6) is 0 Å². The molecule has 0 radical (unpaired) electrons. The van der Waals surface area contributed by atoms with E-state index in [0.717, 1.165) is 54.5 Å². The zero-order valence-corrected chi connectivity index (χ0v) is 25.4. The molecule has 0 bridgehead atoms. The van der Waals surface area contributed by atoms with Crippen LogP contribution in [-0.4, -0.2) is 4.57 Å². The Balaban J connectivity index is 1.25. The third-order valence-electron chi connectivity index (χ3n) is 9.21. The van der Waals surface area contributed by atoms with Crippen LogP contribution in [0.3, 0.4) is 0 Å². The Morgan fingerprint density at radius 2 is 1.07 bits per heavy atom. The lowest BCUT2D eigenvalue weighted by Gasteiger charge is -2.17. The number of rotatable bonds is 4. The summed E-state index contributed by atoms with van der Waals surface area (Å²) in [5, 5.41) is 4.95. The lowest BCUT2D eigenvalue weighted by molar-refractivity contribution is 0.593. The summed E-state index contributed by atoms with van der Waals surface area (Å²) in [5.41, 5.74) is 10.2. The van der Waals surface area contributed by atoms with Gasteiger partial charge in [0, 0.05) is 32.4 Å². The van der Waals surface area contributed by atoms with Crippen LogP contribution in [0.2, 0.25) is 0 Å². The van der Waals surface area contributed by atoms with Gasteiger partial charge in [-0.2, -0.15) is 0 Å². The smallest absolute Gasteiger partial charge is 0.172 e. The van der Waals surface area contributed by atoms with E-state index in [9.17, 15) is 0 Å². The normalized spacial score (nSPS) is 15.3. The molecule has 2 nitrogen and oxygen atoms in total. The van der Waals surface area contributed by atoms with E-state index in [4.69, 9.17) is 0 Å². The maximum Gasteiger partial charge on any atom is 0.172 e. The number of aromatic nitrogens is 1. The molecule has 0 fully saturated rings. The molecule has 3 heteroatoms. The minimum Gasteiger partial charge on any atom is -0.309 e. The second-order valence-electron chi connectivity index (χ2n) is 11.7. The molecule has 1 unspecified atom stereocenters. The Hall–Kier alpha value is -5.43. The van der Waals surface area contributed by atoms with Crippen molar-refractivity contribution in [3.63, 3.8) is 0 Å². The van der Waals surface area contributed by atoms with Gasteiger partial charge in [-0.15, -0.1) is 0 Å². The highest BCUT2D eigenvalue weighted by Gasteiger charge is 2.42. The Bertz CT molecular complexity index is 2440. The van der Waals surface area contributed by atoms with E-state index >= 15 is 4.57 Å². The van der Waals surface area contributed by atoms with Crippen LogP contribution in [-0.2, 0) is 4.57 Å². The number of benzene rings is 7. The molecule has 0 saturated carbocycles. The van der Waals surface area contributed by atoms with Crippen LogP contribution in [0, 0.1) is 0 Å². The van der Waals surface area contributed by atoms with Gasteiger partial charge in [-0.3, -0.25) is 0 Å². The first-order chi connectivity index (χ1) is 22.2. The maximum absolute atomic E-state index is 15.6. The number of fused-ring (bicyclic) bond motifs is 7. The average molecular weight is 594 g/mol. The molecule has 7 aromatic carbocycles. The molecule has 0 aliphatic carbocycles. The molecule has 212 valence electrons. The van der Waals surface area contributed by atoms with Crippen molar-refractivity contribution in [2.75, 3.05) is 0 Å². The Kier molecular flexibility index (Phi) is 5.81. The molecule has 2 heterocycles. The van der Waals surface area contributed by atoms with Crippen LogP contribution in [0.25, 0.3) is 60.9 Å². The van der Waals surface area contributed by atoms with Crippen molar-refractivity contribution in [3.8, 4) is 39.1 Å². The van der Waals surface area contributed by atoms with E-state index in [1.807, 2.05) is 48.5 Å². The summed E-state index contributed by atoms with van der Waals surface area (Å²) in [6.45, 7) is 0. The van der Waals surface area contributed by atoms with Gasteiger partial charge in [0.25, 0.3) is 0 Å². The fraction of sp³-hybridized carbons (Fsp3) is 0. The highest BCUT2D eigenvalue weighted by atomic mass is 31.2. The quantitative estimate of drug-likeness (QED) is 0.186. The second-order valence-corrected chi connectivity index (χ2v) is 14.3. The number of hydrogen-bond donors (Lipinski definition) is 0. The number of nitrogens with zero attached hydrogens (tertiary/aromatic N) is 1. The van der Waals surface area contributed by atoms with Crippen molar-refractivity contribution >= 4 is 44.9 Å². The van der Waals surface area contributed by atoms with Crippen molar-refractivity contribution in [2.24, 2.45) is 0 Å². The zero-order chi connectivity index (χ0) is 30.0. The monoisotopic (exact) mass is 593 g/mol. The van der Waals surface area contributed by atoms with E-state index < -0.39 is 7.14 Å². The first-order valence-electron chi connectivity index (χ1n) is 15.3. The number of hydrogen-bond acceptors (Lipinski definition) is 1. The van der Waals surface area contributed by atoms with Crippen LogP contribution in [0.15, 0.2) is 170 Å². The van der Waals surface area contributed by atoms with Crippen LogP contribution in [0.4, 0.5) is 0 Å². The first kappa shape index (κ1) is 26.0. The standard InChI is InChI=1S/C42H28NOP/c44-45(34-16-5-2-6-17-34)40-21-10-8-18-35(40)36-26-27-39-41(42(36)45)37-19-7-9-20-38(37)43(39)33-24-22-30(23-25-33)32-15-11-14-31(28-32)29-12-3-1-4-13-29/h1-28H. The summed E-state index contributed by atoms with van der Waals surface area (Å²) in [6.07, 6.45) is 0. The fourth-order valence-corrected chi connectivity index (χ4v) is 10.5. The van der Waals surface area contributed by atoms with Crippen molar-refractivity contribution in [1.82, 2.24) is 4.57 Å². The Morgan fingerprint density at radius 3 is 1.84 bits per heavy atom. The van der Waals surface area contributed by atoms with Gasteiger partial charge in [0.2, 0.25) is 0 Å². The lowest BCUT2D eigenvalue weighted by Crippen LogP contribution is -2.21. The van der Waals surface area contributed by atoms with Crippen molar-refractivity contribution < 1.29 is 4.57 Å². The highest BCUT2D eigenvalue weighted by molar-refractivity contribution is 7.86. The minimum absolute atomic E-state index is 0.877. The third kappa shape index (κ3) is 3.86. The molecule has 9 rings (SSSR count). The Labute approximate surface area is 262 Å². The van der Waals surface area contributed by atoms with Gasteiger partial charge in [-0.25, -0.2) is 0 Å². The largest absolute Gasteiger partial charge is 0.309 e. The molecule has 8 aromatic rings. The van der Waals surface area contributed by atoms with Gasteiger partial charge >= 0.3 is 0 Å².